The first-order valence-corrected chi connectivity index (χ1v) is 11.2. The zero-order valence-corrected chi connectivity index (χ0v) is 19.3. The maximum atomic E-state index is 12.0. The molecule has 0 radical (unpaired) electrons. The number of carboxylic acids is 1. The number of hydrogen-bond acceptors (Lipinski definition) is 5. The second-order valence-electron chi connectivity index (χ2n) is 7.50. The number of para-hydroxylation sites is 1. The van der Waals surface area contributed by atoms with Gasteiger partial charge in [-0.3, -0.25) is 0 Å². The van der Waals surface area contributed by atoms with E-state index in [-0.39, 0.29) is 5.56 Å². The molecule has 4 aromatic rings. The number of nitrogens with zero attached hydrogens (tertiary/aromatic N) is 2. The molecule has 0 amide bonds. The largest absolute Gasteiger partial charge is 0.497 e. The predicted octanol–water partition coefficient (Wildman–Crippen LogP) is 6.23. The van der Waals surface area contributed by atoms with E-state index in [4.69, 9.17) is 9.84 Å². The molecule has 164 valence electrons. The summed E-state index contributed by atoms with van der Waals surface area (Å²) in [6.07, 6.45) is 0.958. The number of rotatable bonds is 7. The molecule has 4 rings (SSSR count). The highest BCUT2D eigenvalue weighted by Gasteiger charge is 2.22. The van der Waals surface area contributed by atoms with Crippen molar-refractivity contribution >= 4 is 28.8 Å². The lowest BCUT2D eigenvalue weighted by Crippen LogP contribution is -2.08. The van der Waals surface area contributed by atoms with Gasteiger partial charge in [-0.2, -0.15) is 5.10 Å². The number of benzene rings is 2. The van der Waals surface area contributed by atoms with Gasteiger partial charge in [-0.25, -0.2) is 9.48 Å². The van der Waals surface area contributed by atoms with Crippen LogP contribution in [0.4, 0.5) is 11.5 Å². The van der Waals surface area contributed by atoms with E-state index < -0.39 is 5.97 Å². The van der Waals surface area contributed by atoms with Crippen LogP contribution in [0, 0.1) is 13.8 Å². The van der Waals surface area contributed by atoms with Gasteiger partial charge in [-0.1, -0.05) is 25.1 Å². The Morgan fingerprint density at radius 1 is 1.19 bits per heavy atom. The summed E-state index contributed by atoms with van der Waals surface area (Å²) in [6.45, 7) is 6.14. The van der Waals surface area contributed by atoms with Crippen LogP contribution in [0.15, 0.2) is 53.9 Å². The van der Waals surface area contributed by atoms with Gasteiger partial charge in [0.15, 0.2) is 0 Å². The lowest BCUT2D eigenvalue weighted by atomic mass is 10.1. The van der Waals surface area contributed by atoms with E-state index in [1.165, 1.54) is 18.1 Å². The van der Waals surface area contributed by atoms with Crippen molar-refractivity contribution in [2.24, 2.45) is 0 Å². The molecule has 0 aliphatic rings. The number of aromatic nitrogens is 2. The molecule has 2 N–H and O–H groups in total. The molecule has 7 heteroatoms. The summed E-state index contributed by atoms with van der Waals surface area (Å²) >= 11 is 1.71. The number of carboxylic acid groups (broad SMARTS) is 1. The SMILES string of the molecule is CCc1cc(-c2c(C)nn(-c3ccccc3C)c2Nc2ccc(OC)cc2C(=O)O)cs1. The molecule has 2 aromatic carbocycles. The number of aryl methyl sites for hydroxylation is 3. The highest BCUT2D eigenvalue weighted by molar-refractivity contribution is 7.10. The van der Waals surface area contributed by atoms with E-state index in [9.17, 15) is 9.90 Å². The minimum absolute atomic E-state index is 0.130. The van der Waals surface area contributed by atoms with Crippen molar-refractivity contribution in [1.82, 2.24) is 9.78 Å². The topological polar surface area (TPSA) is 76.4 Å². The lowest BCUT2D eigenvalue weighted by molar-refractivity contribution is 0.0697. The average Bonchev–Trinajstić information content (AvgIpc) is 3.38. The molecule has 0 atom stereocenters. The minimum atomic E-state index is -1.03. The molecule has 0 bridgehead atoms. The van der Waals surface area contributed by atoms with Crippen molar-refractivity contribution in [3.8, 4) is 22.6 Å². The van der Waals surface area contributed by atoms with Gasteiger partial charge in [0.25, 0.3) is 0 Å². The van der Waals surface area contributed by atoms with E-state index in [0.29, 0.717) is 11.4 Å². The normalized spacial score (nSPS) is 10.9. The van der Waals surface area contributed by atoms with Crippen LogP contribution in [0.25, 0.3) is 16.8 Å². The average molecular weight is 448 g/mol. The third kappa shape index (κ3) is 3.99. The molecule has 32 heavy (non-hydrogen) atoms. The van der Waals surface area contributed by atoms with Gasteiger partial charge in [0.1, 0.15) is 11.6 Å². The summed E-state index contributed by atoms with van der Waals surface area (Å²) < 4.78 is 7.08. The first kappa shape index (κ1) is 21.6. The second-order valence-corrected chi connectivity index (χ2v) is 8.50. The highest BCUT2D eigenvalue weighted by Crippen LogP contribution is 2.39. The first-order valence-electron chi connectivity index (χ1n) is 10.3. The van der Waals surface area contributed by atoms with Crippen LogP contribution in [0.1, 0.15) is 33.4 Å². The Morgan fingerprint density at radius 3 is 2.62 bits per heavy atom. The summed E-state index contributed by atoms with van der Waals surface area (Å²) in [7, 11) is 1.52. The van der Waals surface area contributed by atoms with Crippen molar-refractivity contribution in [3.63, 3.8) is 0 Å². The Bertz CT molecular complexity index is 1290. The molecule has 0 unspecified atom stereocenters. The van der Waals surface area contributed by atoms with Crippen LogP contribution < -0.4 is 10.1 Å². The van der Waals surface area contributed by atoms with Crippen LogP contribution in [-0.4, -0.2) is 28.0 Å². The van der Waals surface area contributed by atoms with Gasteiger partial charge in [-0.05, 0) is 67.1 Å². The molecular weight excluding hydrogens is 422 g/mol. The number of aromatic carboxylic acids is 1. The van der Waals surface area contributed by atoms with Crippen LogP contribution >= 0.6 is 11.3 Å². The van der Waals surface area contributed by atoms with Gasteiger partial charge in [0.2, 0.25) is 0 Å². The van der Waals surface area contributed by atoms with E-state index in [1.807, 2.05) is 42.8 Å². The molecule has 2 heterocycles. The smallest absolute Gasteiger partial charge is 0.337 e. The number of thiophene rings is 1. The lowest BCUT2D eigenvalue weighted by Gasteiger charge is -2.15. The molecule has 0 saturated heterocycles. The van der Waals surface area contributed by atoms with Crippen molar-refractivity contribution in [2.75, 3.05) is 12.4 Å². The van der Waals surface area contributed by atoms with Crippen LogP contribution in [-0.2, 0) is 6.42 Å². The predicted molar refractivity (Wildman–Crippen MR) is 129 cm³/mol. The number of ether oxygens (including phenoxy) is 1. The first-order chi connectivity index (χ1) is 15.4. The summed E-state index contributed by atoms with van der Waals surface area (Å²) in [4.78, 5) is 13.3. The fraction of sp³-hybridized carbons (Fsp3) is 0.200. The number of hydrogen-bond donors (Lipinski definition) is 2. The van der Waals surface area contributed by atoms with Gasteiger partial charge < -0.3 is 15.2 Å². The molecule has 6 nitrogen and oxygen atoms in total. The second kappa shape index (κ2) is 8.88. The number of anilines is 2. The molecule has 0 spiro atoms. The number of carbonyl (C=O) groups is 1. The number of nitrogens with one attached hydrogen (secondary N) is 1. The van der Waals surface area contributed by atoms with Crippen LogP contribution in [0.3, 0.4) is 0 Å². The summed E-state index contributed by atoms with van der Waals surface area (Å²) in [5, 5.41) is 20.2. The van der Waals surface area contributed by atoms with Crippen molar-refractivity contribution in [1.29, 1.82) is 0 Å². The fourth-order valence-corrected chi connectivity index (χ4v) is 4.55. The standard InChI is InChI=1S/C25H25N3O3S/c1-5-19-12-17(14-32-19)23-16(3)27-28(22-9-7-6-8-15(22)2)24(23)26-21-11-10-18(31-4)13-20(21)25(29)30/h6-14,26H,5H2,1-4H3,(H,29,30). The Balaban J connectivity index is 1.93. The third-order valence-electron chi connectivity index (χ3n) is 5.41. The highest BCUT2D eigenvalue weighted by atomic mass is 32.1. The summed E-state index contributed by atoms with van der Waals surface area (Å²) in [6, 6.07) is 15.2. The monoisotopic (exact) mass is 447 g/mol. The fourth-order valence-electron chi connectivity index (χ4n) is 3.72. The van der Waals surface area contributed by atoms with Gasteiger partial charge in [0.05, 0.1) is 29.7 Å². The van der Waals surface area contributed by atoms with Crippen molar-refractivity contribution in [3.05, 3.63) is 75.6 Å². The van der Waals surface area contributed by atoms with E-state index in [0.717, 1.165) is 40.3 Å². The number of methoxy groups -OCH3 is 1. The molecule has 2 aromatic heterocycles. The molecule has 0 saturated carbocycles. The van der Waals surface area contributed by atoms with Crippen LogP contribution in [0.5, 0.6) is 5.75 Å². The van der Waals surface area contributed by atoms with E-state index in [1.54, 1.807) is 23.5 Å². The maximum Gasteiger partial charge on any atom is 0.337 e. The van der Waals surface area contributed by atoms with Crippen LogP contribution in [0.2, 0.25) is 0 Å². The summed E-state index contributed by atoms with van der Waals surface area (Å²) in [5.74, 6) is 0.183. The quantitative estimate of drug-likeness (QED) is 0.351. The molecule has 0 fully saturated rings. The molecule has 0 aliphatic heterocycles. The zero-order valence-electron chi connectivity index (χ0n) is 18.5. The molecular formula is C25H25N3O3S. The Morgan fingerprint density at radius 2 is 1.97 bits per heavy atom. The Hall–Kier alpha value is -3.58. The minimum Gasteiger partial charge on any atom is -0.497 e. The van der Waals surface area contributed by atoms with Crippen molar-refractivity contribution < 1.29 is 14.6 Å². The zero-order chi connectivity index (χ0) is 22.8. The van der Waals surface area contributed by atoms with Gasteiger partial charge >= 0.3 is 5.97 Å². The Labute approximate surface area is 191 Å². The summed E-state index contributed by atoms with van der Waals surface area (Å²) in [5.41, 5.74) is 5.48. The third-order valence-corrected chi connectivity index (χ3v) is 6.49. The molecule has 0 aliphatic carbocycles. The Kier molecular flexibility index (Phi) is 6.01. The maximum absolute atomic E-state index is 12.0. The van der Waals surface area contributed by atoms with E-state index in [2.05, 4.69) is 23.7 Å². The van der Waals surface area contributed by atoms with Crippen molar-refractivity contribution in [2.45, 2.75) is 27.2 Å². The van der Waals surface area contributed by atoms with Gasteiger partial charge in [-0.15, -0.1) is 11.3 Å². The van der Waals surface area contributed by atoms with E-state index >= 15 is 0 Å². The van der Waals surface area contributed by atoms with Gasteiger partial charge in [0, 0.05) is 10.4 Å².